The number of hydrogen-bond donors (Lipinski definition) is 3. The normalized spacial score (nSPS) is 14.5. The van der Waals surface area contributed by atoms with Gasteiger partial charge in [0, 0.05) is 6.42 Å². The minimum atomic E-state index is -0.329. The number of methoxy groups -OCH3 is 1. The van der Waals surface area contributed by atoms with E-state index in [9.17, 15) is 9.59 Å². The van der Waals surface area contributed by atoms with Crippen molar-refractivity contribution in [2.45, 2.75) is 32.6 Å². The second kappa shape index (κ2) is 6.09. The van der Waals surface area contributed by atoms with Crippen molar-refractivity contribution in [3.63, 3.8) is 0 Å². The van der Waals surface area contributed by atoms with Crippen LogP contribution in [0.3, 0.4) is 0 Å². The van der Waals surface area contributed by atoms with Crippen LogP contribution in [0, 0.1) is 0 Å². The zero-order valence-corrected chi connectivity index (χ0v) is 13.2. The molecule has 0 atom stereocenters. The molecule has 1 aliphatic rings. The van der Waals surface area contributed by atoms with Gasteiger partial charge in [-0.25, -0.2) is 0 Å². The third-order valence-electron chi connectivity index (χ3n) is 3.39. The Balaban J connectivity index is 2.24. The van der Waals surface area contributed by atoms with E-state index in [1.807, 2.05) is 18.2 Å². The van der Waals surface area contributed by atoms with Crippen molar-refractivity contribution in [1.29, 1.82) is 0 Å². The smallest absolute Gasteiger partial charge is 0.273 e. The molecule has 3 N–H and O–H groups in total. The van der Waals surface area contributed by atoms with Crippen LogP contribution in [0.2, 0.25) is 0 Å². The Bertz CT molecular complexity index is 630. The van der Waals surface area contributed by atoms with Crippen molar-refractivity contribution in [3.05, 3.63) is 35.5 Å². The van der Waals surface area contributed by atoms with Crippen LogP contribution < -0.4 is 20.9 Å². The summed E-state index contributed by atoms with van der Waals surface area (Å²) in [6, 6.07) is 5.71. The molecular weight excluding hydrogens is 282 g/mol. The molecule has 2 amide bonds. The van der Waals surface area contributed by atoms with Gasteiger partial charge in [0.1, 0.15) is 11.4 Å². The number of carbonyl (C=O) groups excluding carboxylic acids is 2. The van der Waals surface area contributed by atoms with Gasteiger partial charge < -0.3 is 10.1 Å². The molecule has 0 radical (unpaired) electrons. The first kappa shape index (κ1) is 15.9. The van der Waals surface area contributed by atoms with Gasteiger partial charge in [0.25, 0.3) is 5.91 Å². The van der Waals surface area contributed by atoms with Gasteiger partial charge in [-0.1, -0.05) is 26.8 Å². The molecule has 118 valence electrons. The first-order valence-electron chi connectivity index (χ1n) is 7.06. The number of carbonyl (C=O) groups is 2. The summed E-state index contributed by atoms with van der Waals surface area (Å²) in [5.74, 6) is 0.0787. The van der Waals surface area contributed by atoms with E-state index in [0.717, 1.165) is 5.56 Å². The fourth-order valence-electron chi connectivity index (χ4n) is 2.05. The Morgan fingerprint density at radius 1 is 1.27 bits per heavy atom. The number of nitrogens with one attached hydrogen (secondary N) is 3. The Morgan fingerprint density at radius 2 is 2.00 bits per heavy atom. The van der Waals surface area contributed by atoms with E-state index in [1.54, 1.807) is 13.2 Å². The molecule has 1 aromatic rings. The maximum atomic E-state index is 12.3. The predicted molar refractivity (Wildman–Crippen MR) is 84.3 cm³/mol. The van der Waals surface area contributed by atoms with E-state index in [-0.39, 0.29) is 23.7 Å². The maximum Gasteiger partial charge on any atom is 0.273 e. The summed E-state index contributed by atoms with van der Waals surface area (Å²) >= 11 is 0. The zero-order valence-electron chi connectivity index (χ0n) is 13.2. The quantitative estimate of drug-likeness (QED) is 0.796. The minimum Gasteiger partial charge on any atom is -0.495 e. The highest BCUT2D eigenvalue weighted by Crippen LogP contribution is 2.31. The summed E-state index contributed by atoms with van der Waals surface area (Å²) in [4.78, 5) is 23.3. The van der Waals surface area contributed by atoms with Crippen molar-refractivity contribution >= 4 is 17.5 Å². The number of rotatable bonds is 3. The fraction of sp³-hybridized carbons (Fsp3) is 0.375. The summed E-state index contributed by atoms with van der Waals surface area (Å²) in [5.41, 5.74) is 6.94. The van der Waals surface area contributed by atoms with Gasteiger partial charge in [-0.2, -0.15) is 0 Å². The first-order chi connectivity index (χ1) is 10.3. The highest BCUT2D eigenvalue weighted by atomic mass is 16.5. The monoisotopic (exact) mass is 303 g/mol. The molecule has 1 aromatic carbocycles. The van der Waals surface area contributed by atoms with E-state index in [4.69, 9.17) is 4.74 Å². The third kappa shape index (κ3) is 3.58. The summed E-state index contributed by atoms with van der Waals surface area (Å²) in [6.45, 7) is 6.30. The van der Waals surface area contributed by atoms with Gasteiger partial charge in [-0.05, 0) is 29.2 Å². The summed E-state index contributed by atoms with van der Waals surface area (Å²) in [5, 5.41) is 2.81. The lowest BCUT2D eigenvalue weighted by atomic mass is 9.87. The van der Waals surface area contributed by atoms with Crippen LogP contribution in [0.1, 0.15) is 32.8 Å². The largest absolute Gasteiger partial charge is 0.495 e. The van der Waals surface area contributed by atoms with Gasteiger partial charge in [-0.15, -0.1) is 0 Å². The minimum absolute atomic E-state index is 0.0396. The van der Waals surface area contributed by atoms with Crippen LogP contribution in [0.15, 0.2) is 30.0 Å². The molecule has 0 unspecified atom stereocenters. The molecule has 0 aliphatic carbocycles. The molecule has 1 aliphatic heterocycles. The zero-order chi connectivity index (χ0) is 16.3. The summed E-state index contributed by atoms with van der Waals surface area (Å²) in [7, 11) is 1.56. The van der Waals surface area contributed by atoms with Gasteiger partial charge in [-0.3, -0.25) is 20.4 Å². The second-order valence-electron chi connectivity index (χ2n) is 6.11. The van der Waals surface area contributed by atoms with E-state index in [2.05, 4.69) is 36.9 Å². The Hall–Kier alpha value is -2.50. The molecule has 0 aromatic heterocycles. The first-order valence-corrected chi connectivity index (χ1v) is 7.06. The van der Waals surface area contributed by atoms with Crippen LogP contribution in [-0.2, 0) is 15.0 Å². The average molecular weight is 303 g/mol. The highest BCUT2D eigenvalue weighted by molar-refractivity contribution is 6.05. The van der Waals surface area contributed by atoms with E-state index in [0.29, 0.717) is 17.1 Å². The summed E-state index contributed by atoms with van der Waals surface area (Å²) in [6.07, 6.45) is 1.73. The Kier molecular flexibility index (Phi) is 4.40. The molecule has 0 bridgehead atoms. The van der Waals surface area contributed by atoms with E-state index in [1.165, 1.54) is 0 Å². The van der Waals surface area contributed by atoms with Crippen molar-refractivity contribution in [2.75, 3.05) is 12.4 Å². The average Bonchev–Trinajstić information content (AvgIpc) is 2.46. The molecule has 1 heterocycles. The lowest BCUT2D eigenvalue weighted by molar-refractivity contribution is -0.121. The lowest BCUT2D eigenvalue weighted by Crippen LogP contribution is -2.43. The second-order valence-corrected chi connectivity index (χ2v) is 6.11. The van der Waals surface area contributed by atoms with Crippen molar-refractivity contribution < 1.29 is 14.3 Å². The van der Waals surface area contributed by atoms with E-state index < -0.39 is 0 Å². The molecule has 0 saturated heterocycles. The topological polar surface area (TPSA) is 79.5 Å². The Labute approximate surface area is 129 Å². The molecule has 6 heteroatoms. The molecule has 0 fully saturated rings. The van der Waals surface area contributed by atoms with Gasteiger partial charge >= 0.3 is 0 Å². The number of ether oxygens (including phenoxy) is 1. The maximum absolute atomic E-state index is 12.3. The SMILES string of the molecule is COc1ccc(C(C)(C)C)cc1NC(=O)C1=CCC(=O)NN1. The fourth-order valence-corrected chi connectivity index (χ4v) is 2.05. The number of hydrazine groups is 1. The summed E-state index contributed by atoms with van der Waals surface area (Å²) < 4.78 is 5.29. The Morgan fingerprint density at radius 3 is 2.55 bits per heavy atom. The predicted octanol–water partition coefficient (Wildman–Crippen LogP) is 1.84. The number of anilines is 1. The van der Waals surface area contributed by atoms with Gasteiger partial charge in [0.05, 0.1) is 12.8 Å². The van der Waals surface area contributed by atoms with Crippen molar-refractivity contribution in [3.8, 4) is 5.75 Å². The number of hydrogen-bond acceptors (Lipinski definition) is 4. The highest BCUT2D eigenvalue weighted by Gasteiger charge is 2.19. The van der Waals surface area contributed by atoms with Gasteiger partial charge in [0.2, 0.25) is 5.91 Å². The van der Waals surface area contributed by atoms with E-state index >= 15 is 0 Å². The lowest BCUT2D eigenvalue weighted by Gasteiger charge is -2.22. The molecule has 0 saturated carbocycles. The van der Waals surface area contributed by atoms with Crippen LogP contribution in [-0.4, -0.2) is 18.9 Å². The van der Waals surface area contributed by atoms with Gasteiger partial charge in [0.15, 0.2) is 0 Å². The molecule has 6 nitrogen and oxygen atoms in total. The standard InChI is InChI=1S/C16H21N3O3/c1-16(2,3)10-5-7-13(22-4)12(9-10)17-15(21)11-6-8-14(20)19-18-11/h5-7,9,18H,8H2,1-4H3,(H,17,21)(H,19,20). The van der Waals surface area contributed by atoms with Crippen molar-refractivity contribution in [2.24, 2.45) is 0 Å². The van der Waals surface area contributed by atoms with Crippen LogP contribution >= 0.6 is 0 Å². The molecule has 0 spiro atoms. The molecule has 2 rings (SSSR count). The van der Waals surface area contributed by atoms with Crippen molar-refractivity contribution in [1.82, 2.24) is 10.9 Å². The molecule has 22 heavy (non-hydrogen) atoms. The van der Waals surface area contributed by atoms with Crippen LogP contribution in [0.4, 0.5) is 5.69 Å². The third-order valence-corrected chi connectivity index (χ3v) is 3.39. The van der Waals surface area contributed by atoms with Crippen LogP contribution in [0.5, 0.6) is 5.75 Å². The van der Waals surface area contributed by atoms with Crippen LogP contribution in [0.25, 0.3) is 0 Å². The number of benzene rings is 1. The molecular formula is C16H21N3O3. The number of amides is 2.